The first kappa shape index (κ1) is 10.1. The summed E-state index contributed by atoms with van der Waals surface area (Å²) in [7, 11) is 0. The predicted molar refractivity (Wildman–Crippen MR) is 56.8 cm³/mol. The van der Waals surface area contributed by atoms with E-state index in [4.69, 9.17) is 0 Å². The van der Waals surface area contributed by atoms with Crippen molar-refractivity contribution in [2.75, 3.05) is 6.61 Å². The van der Waals surface area contributed by atoms with Gasteiger partial charge in [-0.3, -0.25) is 0 Å². The number of rotatable bonds is 3. The Morgan fingerprint density at radius 1 is 1.33 bits per heavy atom. The summed E-state index contributed by atoms with van der Waals surface area (Å²) in [6.07, 6.45) is 3.21. The van der Waals surface area contributed by atoms with Gasteiger partial charge in [-0.15, -0.1) is 0 Å². The molecular weight excluding hydrogens is 190 g/mol. The molecule has 1 heterocycles. The second-order valence-electron chi connectivity index (χ2n) is 3.63. The summed E-state index contributed by atoms with van der Waals surface area (Å²) in [4.78, 5) is 11.5. The van der Waals surface area contributed by atoms with Gasteiger partial charge in [0.15, 0.2) is 0 Å². The van der Waals surface area contributed by atoms with Crippen molar-refractivity contribution in [3.05, 3.63) is 35.9 Å². The van der Waals surface area contributed by atoms with Crippen LogP contribution in [0.5, 0.6) is 0 Å². The minimum absolute atomic E-state index is 0.0355. The van der Waals surface area contributed by atoms with Crippen molar-refractivity contribution in [3.63, 3.8) is 0 Å². The molecule has 0 saturated heterocycles. The minimum atomic E-state index is -0.221. The second-order valence-corrected chi connectivity index (χ2v) is 3.63. The van der Waals surface area contributed by atoms with Crippen LogP contribution in [0.3, 0.4) is 0 Å². The number of carbonyl (C=O) groups is 1. The number of benzene rings is 1. The molecule has 1 atom stereocenters. The molecule has 15 heavy (non-hydrogen) atoms. The zero-order valence-electron chi connectivity index (χ0n) is 8.47. The number of hydrogen-bond acceptors (Lipinski definition) is 2. The van der Waals surface area contributed by atoms with Crippen molar-refractivity contribution >= 4 is 12.1 Å². The van der Waals surface area contributed by atoms with Crippen LogP contribution in [0.25, 0.3) is 0 Å². The number of amides is 1. The first-order chi connectivity index (χ1) is 7.33. The third-order valence-electron chi connectivity index (χ3n) is 2.67. The third kappa shape index (κ3) is 1.97. The van der Waals surface area contributed by atoms with Gasteiger partial charge in [0, 0.05) is 12.0 Å². The molecule has 0 unspecified atom stereocenters. The topological polar surface area (TPSA) is 40.3 Å². The van der Waals surface area contributed by atoms with Gasteiger partial charge >= 0.3 is 5.91 Å². The van der Waals surface area contributed by atoms with E-state index in [0.29, 0.717) is 6.42 Å². The van der Waals surface area contributed by atoms with E-state index >= 15 is 0 Å². The Balaban J connectivity index is 2.29. The lowest BCUT2D eigenvalue weighted by molar-refractivity contribution is -0.490. The Morgan fingerprint density at radius 2 is 2.07 bits per heavy atom. The zero-order valence-corrected chi connectivity index (χ0v) is 8.47. The fraction of sp³-hybridized carbons (Fsp3) is 0.333. The Bertz CT molecular complexity index is 384. The Kier molecular flexibility index (Phi) is 2.92. The molecule has 0 fully saturated rings. The van der Waals surface area contributed by atoms with Crippen LogP contribution in [-0.2, 0) is 4.79 Å². The maximum atomic E-state index is 11.5. The van der Waals surface area contributed by atoms with E-state index in [2.05, 4.69) is 0 Å². The van der Waals surface area contributed by atoms with E-state index in [1.807, 2.05) is 36.5 Å². The molecule has 1 N–H and O–H groups in total. The maximum absolute atomic E-state index is 11.5. The van der Waals surface area contributed by atoms with E-state index in [1.165, 1.54) is 0 Å². The molecule has 1 aliphatic rings. The molecule has 0 bridgehead atoms. The SMILES string of the molecule is O=C1CCC=[N+]1[C@@H](CO)c1ccccc1. The van der Waals surface area contributed by atoms with Gasteiger partial charge in [-0.2, -0.15) is 4.58 Å². The fourth-order valence-corrected chi connectivity index (χ4v) is 1.89. The van der Waals surface area contributed by atoms with Crippen LogP contribution in [0.1, 0.15) is 24.4 Å². The maximum Gasteiger partial charge on any atom is 0.387 e. The van der Waals surface area contributed by atoms with E-state index in [0.717, 1.165) is 12.0 Å². The van der Waals surface area contributed by atoms with Crippen molar-refractivity contribution in [2.45, 2.75) is 18.9 Å². The first-order valence-corrected chi connectivity index (χ1v) is 5.13. The van der Waals surface area contributed by atoms with Crippen LogP contribution in [0.2, 0.25) is 0 Å². The third-order valence-corrected chi connectivity index (χ3v) is 2.67. The highest BCUT2D eigenvalue weighted by atomic mass is 16.3. The highest BCUT2D eigenvalue weighted by Crippen LogP contribution is 2.19. The van der Waals surface area contributed by atoms with Crippen LogP contribution < -0.4 is 0 Å². The van der Waals surface area contributed by atoms with Crippen molar-refractivity contribution < 1.29 is 14.5 Å². The number of carbonyl (C=O) groups excluding carboxylic acids is 1. The Labute approximate surface area is 88.7 Å². The summed E-state index contributed by atoms with van der Waals surface area (Å²) in [5.41, 5.74) is 0.978. The molecule has 0 spiro atoms. The lowest BCUT2D eigenvalue weighted by Crippen LogP contribution is -2.24. The number of aliphatic hydroxyl groups excluding tert-OH is 1. The number of nitrogens with zero attached hydrogens (tertiary/aromatic N) is 1. The summed E-state index contributed by atoms with van der Waals surface area (Å²) in [6, 6.07) is 9.40. The van der Waals surface area contributed by atoms with Crippen LogP contribution in [0, 0.1) is 0 Å². The molecule has 1 aromatic carbocycles. The van der Waals surface area contributed by atoms with E-state index in [9.17, 15) is 9.90 Å². The number of hydrogen-bond donors (Lipinski definition) is 1. The highest BCUT2D eigenvalue weighted by molar-refractivity contribution is 5.79. The van der Waals surface area contributed by atoms with Crippen molar-refractivity contribution in [2.24, 2.45) is 0 Å². The molecule has 1 aromatic rings. The fourth-order valence-electron chi connectivity index (χ4n) is 1.89. The molecule has 78 valence electrons. The summed E-state index contributed by atoms with van der Waals surface area (Å²) in [6.45, 7) is -0.0355. The smallest absolute Gasteiger partial charge is 0.387 e. The molecule has 0 aromatic heterocycles. The van der Waals surface area contributed by atoms with Crippen LogP contribution >= 0.6 is 0 Å². The molecule has 3 nitrogen and oxygen atoms in total. The largest absolute Gasteiger partial charge is 0.389 e. The normalized spacial score (nSPS) is 17.7. The monoisotopic (exact) mass is 204 g/mol. The lowest BCUT2D eigenvalue weighted by Gasteiger charge is -2.09. The van der Waals surface area contributed by atoms with Gasteiger partial charge in [-0.1, -0.05) is 30.3 Å². The van der Waals surface area contributed by atoms with Crippen molar-refractivity contribution in [1.29, 1.82) is 0 Å². The van der Waals surface area contributed by atoms with Crippen LogP contribution in [-0.4, -0.2) is 28.4 Å². The predicted octanol–water partition coefficient (Wildman–Crippen LogP) is 1.12. The van der Waals surface area contributed by atoms with Gasteiger partial charge in [0.05, 0.1) is 6.42 Å². The Morgan fingerprint density at radius 3 is 2.60 bits per heavy atom. The number of aliphatic hydroxyl groups is 1. The van der Waals surface area contributed by atoms with Crippen LogP contribution in [0.15, 0.2) is 30.3 Å². The van der Waals surface area contributed by atoms with E-state index in [-0.39, 0.29) is 18.6 Å². The highest BCUT2D eigenvalue weighted by Gasteiger charge is 2.32. The zero-order chi connectivity index (χ0) is 10.7. The molecule has 1 aliphatic heterocycles. The van der Waals surface area contributed by atoms with Gasteiger partial charge in [0.1, 0.15) is 12.8 Å². The summed E-state index contributed by atoms with van der Waals surface area (Å²) >= 11 is 0. The molecule has 2 rings (SSSR count). The Hall–Kier alpha value is -1.48. The van der Waals surface area contributed by atoms with Gasteiger partial charge in [0.2, 0.25) is 6.04 Å². The average Bonchev–Trinajstić information content (AvgIpc) is 2.68. The lowest BCUT2D eigenvalue weighted by atomic mass is 10.1. The van der Waals surface area contributed by atoms with Crippen LogP contribution in [0.4, 0.5) is 0 Å². The molecular formula is C12H14NO2+. The van der Waals surface area contributed by atoms with Crippen molar-refractivity contribution in [3.8, 4) is 0 Å². The molecule has 0 saturated carbocycles. The molecule has 0 radical (unpaired) electrons. The standard InChI is InChI=1S/C12H14NO2/c14-9-11(10-5-2-1-3-6-10)13-8-4-7-12(13)15/h1-3,5-6,8,11,14H,4,7,9H2/q+1/t11-/m0/s1. The summed E-state index contributed by atoms with van der Waals surface area (Å²) in [5, 5.41) is 9.34. The summed E-state index contributed by atoms with van der Waals surface area (Å²) in [5.74, 6) is 0.0953. The second kappa shape index (κ2) is 4.36. The molecule has 1 amide bonds. The van der Waals surface area contributed by atoms with Gasteiger partial charge in [0.25, 0.3) is 0 Å². The summed E-state index contributed by atoms with van der Waals surface area (Å²) < 4.78 is 1.65. The van der Waals surface area contributed by atoms with Gasteiger partial charge < -0.3 is 5.11 Å². The quantitative estimate of drug-likeness (QED) is 0.750. The van der Waals surface area contributed by atoms with Gasteiger partial charge in [-0.05, 0) is 0 Å². The first-order valence-electron chi connectivity index (χ1n) is 5.13. The van der Waals surface area contributed by atoms with E-state index in [1.54, 1.807) is 4.58 Å². The molecule has 3 heteroatoms. The average molecular weight is 204 g/mol. The van der Waals surface area contributed by atoms with Gasteiger partial charge in [-0.25, -0.2) is 4.79 Å². The van der Waals surface area contributed by atoms with E-state index < -0.39 is 0 Å². The minimum Gasteiger partial charge on any atom is -0.389 e. The van der Waals surface area contributed by atoms with Crippen molar-refractivity contribution in [1.82, 2.24) is 0 Å². The molecule has 0 aliphatic carbocycles.